The summed E-state index contributed by atoms with van der Waals surface area (Å²) >= 11 is 1.49. The first-order chi connectivity index (χ1) is 15.0. The van der Waals surface area contributed by atoms with Crippen molar-refractivity contribution in [2.75, 3.05) is 7.11 Å². The number of ether oxygens (including phenoxy) is 1. The third-order valence-corrected chi connectivity index (χ3v) is 5.69. The van der Waals surface area contributed by atoms with Crippen molar-refractivity contribution in [1.82, 2.24) is 10.6 Å². The molecule has 3 aromatic rings. The number of hydrogen-bond acceptors (Lipinski definition) is 4. The molecule has 31 heavy (non-hydrogen) atoms. The molecule has 0 fully saturated rings. The van der Waals surface area contributed by atoms with E-state index in [1.165, 1.54) is 11.3 Å². The lowest BCUT2D eigenvalue weighted by atomic mass is 10.0. The van der Waals surface area contributed by atoms with Gasteiger partial charge in [0, 0.05) is 10.4 Å². The predicted molar refractivity (Wildman–Crippen MR) is 125 cm³/mol. The molecular weight excluding hydrogens is 408 g/mol. The molecule has 3 rings (SSSR count). The molecule has 0 spiro atoms. The van der Waals surface area contributed by atoms with E-state index in [1.807, 2.05) is 55.6 Å². The van der Waals surface area contributed by atoms with E-state index < -0.39 is 0 Å². The third-order valence-electron chi connectivity index (χ3n) is 4.87. The van der Waals surface area contributed by atoms with E-state index in [-0.39, 0.29) is 23.6 Å². The van der Waals surface area contributed by atoms with Crippen molar-refractivity contribution >= 4 is 29.2 Å². The van der Waals surface area contributed by atoms with Gasteiger partial charge >= 0.3 is 0 Å². The van der Waals surface area contributed by atoms with Gasteiger partial charge in [0.05, 0.1) is 13.2 Å². The number of amides is 2. The number of hydrogen-bond donors (Lipinski definition) is 2. The Bertz CT molecular complexity index is 1040. The van der Waals surface area contributed by atoms with Crippen molar-refractivity contribution in [1.29, 1.82) is 0 Å². The van der Waals surface area contributed by atoms with E-state index in [9.17, 15) is 9.59 Å². The Balaban J connectivity index is 1.81. The van der Waals surface area contributed by atoms with Crippen LogP contribution in [0.15, 0.2) is 71.7 Å². The summed E-state index contributed by atoms with van der Waals surface area (Å²) in [6.45, 7) is 4.04. The Labute approximate surface area is 186 Å². The second kappa shape index (κ2) is 10.6. The quantitative estimate of drug-likeness (QED) is 0.485. The molecule has 160 valence electrons. The first-order valence-electron chi connectivity index (χ1n) is 10.1. The van der Waals surface area contributed by atoms with Crippen LogP contribution in [-0.4, -0.2) is 18.9 Å². The van der Waals surface area contributed by atoms with Crippen molar-refractivity contribution in [2.45, 2.75) is 26.3 Å². The van der Waals surface area contributed by atoms with E-state index in [4.69, 9.17) is 4.74 Å². The molecule has 1 unspecified atom stereocenters. The van der Waals surface area contributed by atoms with E-state index >= 15 is 0 Å². The zero-order valence-electron chi connectivity index (χ0n) is 17.8. The van der Waals surface area contributed by atoms with Gasteiger partial charge < -0.3 is 15.4 Å². The van der Waals surface area contributed by atoms with Crippen LogP contribution < -0.4 is 15.4 Å². The van der Waals surface area contributed by atoms with Gasteiger partial charge in [-0.1, -0.05) is 42.8 Å². The maximum Gasteiger partial charge on any atom is 0.268 e. The largest absolute Gasteiger partial charge is 0.497 e. The molecule has 0 aliphatic heterocycles. The van der Waals surface area contributed by atoms with Gasteiger partial charge in [0.2, 0.25) is 0 Å². The fraction of sp³-hybridized carbons (Fsp3) is 0.200. The highest BCUT2D eigenvalue weighted by atomic mass is 32.1. The van der Waals surface area contributed by atoms with E-state index in [0.29, 0.717) is 11.3 Å². The van der Waals surface area contributed by atoms with Gasteiger partial charge in [-0.25, -0.2) is 0 Å². The molecule has 1 aromatic heterocycles. The summed E-state index contributed by atoms with van der Waals surface area (Å²) in [4.78, 5) is 26.8. The van der Waals surface area contributed by atoms with Crippen LogP contribution >= 0.6 is 11.3 Å². The molecular formula is C25H26N2O3S. The molecule has 5 nitrogen and oxygen atoms in total. The molecule has 0 radical (unpaired) electrons. The van der Waals surface area contributed by atoms with Crippen LogP contribution in [0.2, 0.25) is 0 Å². The smallest absolute Gasteiger partial charge is 0.268 e. The molecule has 1 heterocycles. The normalized spacial score (nSPS) is 12.2. The topological polar surface area (TPSA) is 67.4 Å². The van der Waals surface area contributed by atoms with Gasteiger partial charge in [-0.15, -0.1) is 11.3 Å². The highest BCUT2D eigenvalue weighted by Gasteiger charge is 2.19. The lowest BCUT2D eigenvalue weighted by Crippen LogP contribution is -2.36. The fourth-order valence-electron chi connectivity index (χ4n) is 3.07. The van der Waals surface area contributed by atoms with Gasteiger partial charge in [-0.3, -0.25) is 9.59 Å². The van der Waals surface area contributed by atoms with Crippen LogP contribution in [0.25, 0.3) is 6.08 Å². The average molecular weight is 435 g/mol. The lowest BCUT2D eigenvalue weighted by molar-refractivity contribution is -0.118. The van der Waals surface area contributed by atoms with Crippen LogP contribution in [0.5, 0.6) is 5.75 Å². The van der Waals surface area contributed by atoms with Crippen LogP contribution in [0.3, 0.4) is 0 Å². The zero-order chi connectivity index (χ0) is 22.2. The Morgan fingerprint density at radius 2 is 1.77 bits per heavy atom. The number of carbonyl (C=O) groups is 2. The van der Waals surface area contributed by atoms with Crippen molar-refractivity contribution in [3.8, 4) is 5.75 Å². The number of benzene rings is 2. The van der Waals surface area contributed by atoms with Crippen LogP contribution in [0, 0.1) is 6.92 Å². The number of thiophene rings is 1. The number of methoxy groups -OCH3 is 1. The molecule has 0 aliphatic rings. The Morgan fingerprint density at radius 3 is 2.35 bits per heavy atom. The summed E-state index contributed by atoms with van der Waals surface area (Å²) in [6.07, 6.45) is 2.43. The molecule has 2 N–H and O–H groups in total. The first kappa shape index (κ1) is 22.3. The SMILES string of the molecule is CCC(NC(=O)/C(=C/c1cccs1)NC(=O)c1ccc(OC)cc1)c1ccc(C)cc1. The number of carbonyl (C=O) groups excluding carboxylic acids is 2. The van der Waals surface area contributed by atoms with Crippen molar-refractivity contribution in [3.05, 3.63) is 93.3 Å². The van der Waals surface area contributed by atoms with Crippen molar-refractivity contribution < 1.29 is 14.3 Å². The molecule has 0 saturated carbocycles. The molecule has 0 aliphatic carbocycles. The number of aryl methyl sites for hydroxylation is 1. The minimum absolute atomic E-state index is 0.155. The summed E-state index contributed by atoms with van der Waals surface area (Å²) in [5, 5.41) is 7.75. The van der Waals surface area contributed by atoms with Crippen molar-refractivity contribution in [2.24, 2.45) is 0 Å². The molecule has 2 aromatic carbocycles. The summed E-state index contributed by atoms with van der Waals surface area (Å²) < 4.78 is 5.14. The monoisotopic (exact) mass is 434 g/mol. The summed E-state index contributed by atoms with van der Waals surface area (Å²) in [6, 6.07) is 18.5. The molecule has 0 saturated heterocycles. The fourth-order valence-corrected chi connectivity index (χ4v) is 3.72. The summed E-state index contributed by atoms with van der Waals surface area (Å²) in [7, 11) is 1.57. The Hall–Kier alpha value is -3.38. The van der Waals surface area contributed by atoms with Gasteiger partial charge in [-0.05, 0) is 60.7 Å². The van der Waals surface area contributed by atoms with E-state index in [2.05, 4.69) is 10.6 Å². The maximum atomic E-state index is 13.1. The first-order valence-corrected chi connectivity index (χ1v) is 11.0. The summed E-state index contributed by atoms with van der Waals surface area (Å²) in [5.41, 5.74) is 2.83. The molecule has 2 amide bonds. The van der Waals surface area contributed by atoms with Crippen LogP contribution in [0.1, 0.15) is 45.7 Å². The van der Waals surface area contributed by atoms with Gasteiger partial charge in [0.25, 0.3) is 11.8 Å². The number of nitrogens with one attached hydrogen (secondary N) is 2. The van der Waals surface area contributed by atoms with Gasteiger partial charge in [0.1, 0.15) is 11.4 Å². The van der Waals surface area contributed by atoms with Gasteiger partial charge in [-0.2, -0.15) is 0 Å². The molecule has 6 heteroatoms. The lowest BCUT2D eigenvalue weighted by Gasteiger charge is -2.19. The standard InChI is InChI=1S/C25H26N2O3S/c1-4-22(18-9-7-17(2)8-10-18)26-25(29)23(16-21-6-5-15-31-21)27-24(28)19-11-13-20(30-3)14-12-19/h5-16,22H,4H2,1-3H3,(H,26,29)(H,27,28)/b23-16-. The van der Waals surface area contributed by atoms with E-state index in [1.54, 1.807) is 37.5 Å². The Morgan fingerprint density at radius 1 is 1.06 bits per heavy atom. The third kappa shape index (κ3) is 6.06. The minimum Gasteiger partial charge on any atom is -0.497 e. The van der Waals surface area contributed by atoms with E-state index in [0.717, 1.165) is 22.4 Å². The second-order valence-electron chi connectivity index (χ2n) is 7.10. The van der Waals surface area contributed by atoms with Gasteiger partial charge in [0.15, 0.2) is 0 Å². The zero-order valence-corrected chi connectivity index (χ0v) is 18.7. The van der Waals surface area contributed by atoms with Crippen LogP contribution in [0.4, 0.5) is 0 Å². The van der Waals surface area contributed by atoms with Crippen molar-refractivity contribution in [3.63, 3.8) is 0 Å². The maximum absolute atomic E-state index is 13.1. The minimum atomic E-state index is -0.357. The highest BCUT2D eigenvalue weighted by molar-refractivity contribution is 7.10. The highest BCUT2D eigenvalue weighted by Crippen LogP contribution is 2.19. The second-order valence-corrected chi connectivity index (χ2v) is 8.08. The van der Waals surface area contributed by atoms with Crippen LogP contribution in [-0.2, 0) is 4.79 Å². The average Bonchev–Trinajstić information content (AvgIpc) is 3.30. The Kier molecular flexibility index (Phi) is 7.62. The summed E-state index contributed by atoms with van der Waals surface area (Å²) in [5.74, 6) is -0.0285. The number of rotatable bonds is 8. The molecule has 0 bridgehead atoms. The molecule has 1 atom stereocenters. The predicted octanol–water partition coefficient (Wildman–Crippen LogP) is 5.10.